The number of aliphatic hydroxyl groups is 2. The van der Waals surface area contributed by atoms with Crippen LogP contribution in [0, 0.1) is 11.3 Å². The molecule has 3 N–H and O–H groups in total. The number of pyridine rings is 1. The van der Waals surface area contributed by atoms with Gasteiger partial charge in [-0.25, -0.2) is 0 Å². The van der Waals surface area contributed by atoms with Crippen molar-refractivity contribution in [1.29, 1.82) is 5.26 Å². The average molecular weight is 287 g/mol. The lowest BCUT2D eigenvalue weighted by Gasteiger charge is -2.16. The van der Waals surface area contributed by atoms with Gasteiger partial charge in [-0.15, -0.1) is 0 Å². The van der Waals surface area contributed by atoms with Gasteiger partial charge in [0.15, 0.2) is 0 Å². The second-order valence-electron chi connectivity index (χ2n) is 3.28. The molecular weight excluding hydrogens is 276 g/mol. The molecule has 0 aliphatic carbocycles. The molecule has 0 amide bonds. The van der Waals surface area contributed by atoms with E-state index in [9.17, 15) is 15.0 Å². The molecule has 0 saturated heterocycles. The Morgan fingerprint density at radius 2 is 2.25 bits per heavy atom. The molecule has 5 nitrogen and oxygen atoms in total. The number of alkyl halides is 1. The first-order valence-electron chi connectivity index (χ1n) is 4.65. The number of nitriles is 1. The molecule has 0 aromatic carbocycles. The number of rotatable bonds is 4. The lowest BCUT2D eigenvalue weighted by atomic mass is 10.0. The first-order chi connectivity index (χ1) is 7.60. The summed E-state index contributed by atoms with van der Waals surface area (Å²) in [4.78, 5) is 13.4. The summed E-state index contributed by atoms with van der Waals surface area (Å²) in [6.45, 7) is 0. The highest BCUT2D eigenvalue weighted by molar-refractivity contribution is 9.09. The van der Waals surface area contributed by atoms with E-state index in [4.69, 9.17) is 5.26 Å². The molecule has 6 heteroatoms. The van der Waals surface area contributed by atoms with Crippen molar-refractivity contribution in [3.63, 3.8) is 0 Å². The van der Waals surface area contributed by atoms with Crippen LogP contribution in [0.5, 0.6) is 0 Å². The third-order valence-electron chi connectivity index (χ3n) is 2.16. The summed E-state index contributed by atoms with van der Waals surface area (Å²) >= 11 is 3.15. The van der Waals surface area contributed by atoms with Gasteiger partial charge >= 0.3 is 0 Å². The predicted octanol–water partition coefficient (Wildman–Crippen LogP) is 0.426. The van der Waals surface area contributed by atoms with E-state index < -0.39 is 17.8 Å². The van der Waals surface area contributed by atoms with Gasteiger partial charge in [-0.05, 0) is 12.5 Å². The fourth-order valence-electron chi connectivity index (χ4n) is 1.25. The quantitative estimate of drug-likeness (QED) is 0.699. The SMILES string of the molecule is N#Cc1cc(C(O)C(O)CCBr)c[nH]c1=O. The standard InChI is InChI=1S/C10H11BrN2O3/c11-2-1-8(14)9(15)7-3-6(4-12)10(16)13-5-7/h3,5,8-9,14-15H,1-2H2,(H,13,16). The van der Waals surface area contributed by atoms with Crippen LogP contribution < -0.4 is 5.56 Å². The Kier molecular flexibility index (Phi) is 4.68. The lowest BCUT2D eigenvalue weighted by Crippen LogP contribution is -2.20. The van der Waals surface area contributed by atoms with Crippen LogP contribution in [-0.4, -0.2) is 26.6 Å². The average Bonchev–Trinajstić information content (AvgIpc) is 2.29. The number of aromatic amines is 1. The number of H-pyrrole nitrogens is 1. The van der Waals surface area contributed by atoms with Crippen molar-refractivity contribution in [2.24, 2.45) is 0 Å². The van der Waals surface area contributed by atoms with Crippen LogP contribution in [0.1, 0.15) is 23.7 Å². The molecule has 0 fully saturated rings. The topological polar surface area (TPSA) is 97.1 Å². The summed E-state index contributed by atoms with van der Waals surface area (Å²) < 4.78 is 0. The van der Waals surface area contributed by atoms with E-state index >= 15 is 0 Å². The third-order valence-corrected chi connectivity index (χ3v) is 2.61. The monoisotopic (exact) mass is 286 g/mol. The van der Waals surface area contributed by atoms with E-state index in [0.29, 0.717) is 17.3 Å². The van der Waals surface area contributed by atoms with Gasteiger partial charge in [0, 0.05) is 17.1 Å². The van der Waals surface area contributed by atoms with E-state index in [1.807, 2.05) is 0 Å². The Labute approximate surface area is 100 Å². The van der Waals surface area contributed by atoms with E-state index in [-0.39, 0.29) is 5.56 Å². The van der Waals surface area contributed by atoms with E-state index in [0.717, 1.165) is 0 Å². The smallest absolute Gasteiger partial charge is 0.265 e. The zero-order chi connectivity index (χ0) is 12.1. The summed E-state index contributed by atoms with van der Waals surface area (Å²) in [5, 5.41) is 28.5. The molecule has 2 atom stereocenters. The summed E-state index contributed by atoms with van der Waals surface area (Å²) in [6.07, 6.45) is -0.369. The van der Waals surface area contributed by atoms with E-state index in [1.54, 1.807) is 6.07 Å². The van der Waals surface area contributed by atoms with Crippen molar-refractivity contribution in [1.82, 2.24) is 4.98 Å². The van der Waals surface area contributed by atoms with Crippen molar-refractivity contribution < 1.29 is 10.2 Å². The Hall–Kier alpha value is -1.16. The summed E-state index contributed by atoms with van der Waals surface area (Å²) in [6, 6.07) is 2.99. The van der Waals surface area contributed by atoms with Gasteiger partial charge in [0.2, 0.25) is 0 Å². The molecule has 0 aliphatic rings. The van der Waals surface area contributed by atoms with Crippen molar-refractivity contribution in [3.8, 4) is 6.07 Å². The maximum absolute atomic E-state index is 11.1. The number of hydrogen-bond donors (Lipinski definition) is 3. The molecule has 1 aromatic rings. The second kappa shape index (κ2) is 5.80. The normalized spacial score (nSPS) is 14.1. The minimum absolute atomic E-state index is 0.0809. The number of hydrogen-bond acceptors (Lipinski definition) is 4. The molecule has 0 saturated carbocycles. The lowest BCUT2D eigenvalue weighted by molar-refractivity contribution is 0.0171. The molecule has 0 bridgehead atoms. The maximum Gasteiger partial charge on any atom is 0.265 e. The zero-order valence-corrected chi connectivity index (χ0v) is 9.94. The summed E-state index contributed by atoms with van der Waals surface area (Å²) in [7, 11) is 0. The van der Waals surface area contributed by atoms with Crippen LogP contribution in [0.4, 0.5) is 0 Å². The maximum atomic E-state index is 11.1. The number of nitrogens with zero attached hydrogens (tertiary/aromatic N) is 1. The second-order valence-corrected chi connectivity index (χ2v) is 4.07. The summed E-state index contributed by atoms with van der Waals surface area (Å²) in [5.74, 6) is 0. The first-order valence-corrected chi connectivity index (χ1v) is 5.77. The van der Waals surface area contributed by atoms with Crippen LogP contribution >= 0.6 is 15.9 Å². The number of halogens is 1. The van der Waals surface area contributed by atoms with Crippen molar-refractivity contribution in [2.75, 3.05) is 5.33 Å². The van der Waals surface area contributed by atoms with Crippen LogP contribution in [-0.2, 0) is 0 Å². The number of nitrogens with one attached hydrogen (secondary N) is 1. The summed E-state index contributed by atoms with van der Waals surface area (Å²) in [5.41, 5.74) is -0.263. The van der Waals surface area contributed by atoms with Gasteiger partial charge in [-0.2, -0.15) is 5.26 Å². The van der Waals surface area contributed by atoms with Crippen LogP contribution in [0.3, 0.4) is 0 Å². The van der Waals surface area contributed by atoms with E-state index in [1.165, 1.54) is 12.3 Å². The predicted molar refractivity (Wildman–Crippen MR) is 61.2 cm³/mol. The molecule has 86 valence electrons. The Morgan fingerprint density at radius 3 is 2.81 bits per heavy atom. The van der Waals surface area contributed by atoms with Crippen molar-refractivity contribution in [3.05, 3.63) is 33.7 Å². The highest BCUT2D eigenvalue weighted by Crippen LogP contribution is 2.18. The van der Waals surface area contributed by atoms with Gasteiger partial charge < -0.3 is 15.2 Å². The van der Waals surface area contributed by atoms with Crippen molar-refractivity contribution >= 4 is 15.9 Å². The molecular formula is C10H11BrN2O3. The molecule has 1 heterocycles. The van der Waals surface area contributed by atoms with Gasteiger partial charge in [0.1, 0.15) is 17.7 Å². The fourth-order valence-corrected chi connectivity index (χ4v) is 1.72. The first kappa shape index (κ1) is 12.9. The van der Waals surface area contributed by atoms with Crippen LogP contribution in [0.25, 0.3) is 0 Å². The number of aromatic nitrogens is 1. The van der Waals surface area contributed by atoms with Gasteiger partial charge in [0.25, 0.3) is 5.56 Å². The minimum Gasteiger partial charge on any atom is -0.390 e. The third kappa shape index (κ3) is 2.92. The van der Waals surface area contributed by atoms with Gasteiger partial charge in [-0.3, -0.25) is 4.79 Å². The highest BCUT2D eigenvalue weighted by Gasteiger charge is 2.18. The highest BCUT2D eigenvalue weighted by atomic mass is 79.9. The van der Waals surface area contributed by atoms with Gasteiger partial charge in [-0.1, -0.05) is 15.9 Å². The Balaban J connectivity index is 2.97. The zero-order valence-electron chi connectivity index (χ0n) is 8.35. The Bertz CT molecular complexity index is 452. The van der Waals surface area contributed by atoms with E-state index in [2.05, 4.69) is 20.9 Å². The number of aliphatic hydroxyl groups excluding tert-OH is 2. The van der Waals surface area contributed by atoms with Crippen LogP contribution in [0.15, 0.2) is 17.1 Å². The molecule has 0 aliphatic heterocycles. The largest absolute Gasteiger partial charge is 0.390 e. The minimum atomic E-state index is -1.11. The molecule has 0 radical (unpaired) electrons. The Morgan fingerprint density at radius 1 is 1.56 bits per heavy atom. The van der Waals surface area contributed by atoms with Crippen molar-refractivity contribution in [2.45, 2.75) is 18.6 Å². The molecule has 1 aromatic heterocycles. The molecule has 0 spiro atoms. The molecule has 1 rings (SSSR count). The van der Waals surface area contributed by atoms with Gasteiger partial charge in [0.05, 0.1) is 6.10 Å². The fraction of sp³-hybridized carbons (Fsp3) is 0.400. The molecule has 2 unspecified atom stereocenters. The van der Waals surface area contributed by atoms with Crippen LogP contribution in [0.2, 0.25) is 0 Å². The molecule has 16 heavy (non-hydrogen) atoms.